The summed E-state index contributed by atoms with van der Waals surface area (Å²) < 4.78 is 22.9. The minimum absolute atomic E-state index is 0.154. The van der Waals surface area contributed by atoms with Crippen molar-refractivity contribution in [2.75, 3.05) is 47.5 Å². The number of carbonyl (C=O) groups is 3. The number of unbranched alkanes of at least 4 members (excludes halogenated alkanes) is 57. The highest BCUT2D eigenvalue weighted by molar-refractivity contribution is 5.70. The molecule has 0 aromatic heterocycles. The molecule has 500 valence electrons. The van der Waals surface area contributed by atoms with Crippen molar-refractivity contribution in [2.24, 2.45) is 0 Å². The minimum atomic E-state index is -1.62. The molecule has 0 saturated heterocycles. The predicted octanol–water partition coefficient (Wildman–Crippen LogP) is 22.1. The number of esters is 2. The zero-order chi connectivity index (χ0) is 61.2. The summed E-state index contributed by atoms with van der Waals surface area (Å²) in [6.07, 6.45) is 77.9. The summed E-state index contributed by atoms with van der Waals surface area (Å²) in [5.74, 6) is -2.24. The third-order valence-electron chi connectivity index (χ3n) is 17.6. The third-order valence-corrected chi connectivity index (χ3v) is 17.6. The van der Waals surface area contributed by atoms with Gasteiger partial charge in [-0.25, -0.2) is 0 Å². The van der Waals surface area contributed by atoms with Gasteiger partial charge in [0.15, 0.2) is 12.4 Å². The highest BCUT2D eigenvalue weighted by Crippen LogP contribution is 2.20. The molecule has 0 saturated carbocycles. The van der Waals surface area contributed by atoms with E-state index in [-0.39, 0.29) is 32.2 Å². The molecule has 0 aliphatic rings. The van der Waals surface area contributed by atoms with Crippen molar-refractivity contribution in [1.29, 1.82) is 0 Å². The Balaban J connectivity index is 3.99. The van der Waals surface area contributed by atoms with Crippen molar-refractivity contribution in [1.82, 2.24) is 0 Å². The van der Waals surface area contributed by atoms with Gasteiger partial charge in [-0.05, 0) is 12.8 Å². The maximum atomic E-state index is 12.9. The number of carboxylic acids is 1. The van der Waals surface area contributed by atoms with Crippen LogP contribution in [-0.2, 0) is 33.3 Å². The first kappa shape index (κ1) is 82.3. The number of carbonyl (C=O) groups excluding carboxylic acids is 3. The summed E-state index contributed by atoms with van der Waals surface area (Å²) in [5, 5.41) is 11.8. The molecule has 0 radical (unpaired) electrons. The fourth-order valence-corrected chi connectivity index (χ4v) is 11.8. The number of likely N-dealkylation sites (N-methyl/N-ethyl adjacent to an activating group) is 1. The van der Waals surface area contributed by atoms with Crippen molar-refractivity contribution >= 4 is 17.9 Å². The maximum absolute atomic E-state index is 12.9. The van der Waals surface area contributed by atoms with Gasteiger partial charge in [0.05, 0.1) is 40.3 Å². The van der Waals surface area contributed by atoms with Crippen LogP contribution in [0.4, 0.5) is 0 Å². The fourth-order valence-electron chi connectivity index (χ4n) is 11.8. The van der Waals surface area contributed by atoms with Gasteiger partial charge in [0, 0.05) is 12.8 Å². The van der Waals surface area contributed by atoms with Crippen LogP contribution in [0.1, 0.15) is 406 Å². The Hall–Kier alpha value is -1.71. The Kier molecular flexibility index (Phi) is 65.9. The smallest absolute Gasteiger partial charge is 0.306 e. The number of ether oxygens (including phenoxy) is 4. The van der Waals surface area contributed by atoms with E-state index in [9.17, 15) is 19.5 Å². The average molecular weight is 1190 g/mol. The van der Waals surface area contributed by atoms with Gasteiger partial charge >= 0.3 is 11.9 Å². The average Bonchev–Trinajstić information content (AvgIpc) is 3.51. The molecule has 0 N–H and O–H groups in total. The Morgan fingerprint density at radius 2 is 0.536 bits per heavy atom. The van der Waals surface area contributed by atoms with Crippen LogP contribution in [0.15, 0.2) is 0 Å². The monoisotopic (exact) mass is 1190 g/mol. The molecular weight excluding hydrogens is 1040 g/mol. The number of hydrogen-bond donors (Lipinski definition) is 0. The van der Waals surface area contributed by atoms with Gasteiger partial charge in [0.1, 0.15) is 13.2 Å². The topological polar surface area (TPSA) is 111 Å². The Bertz CT molecular complexity index is 1340. The molecule has 0 aromatic carbocycles. The van der Waals surface area contributed by atoms with Crippen LogP contribution >= 0.6 is 0 Å². The molecule has 2 unspecified atom stereocenters. The molecule has 0 aliphatic heterocycles. The lowest BCUT2D eigenvalue weighted by Gasteiger charge is -2.26. The van der Waals surface area contributed by atoms with Crippen LogP contribution in [-0.4, -0.2) is 82.3 Å². The molecular formula is C75H147NO8. The summed E-state index contributed by atoms with van der Waals surface area (Å²) in [5.41, 5.74) is 0. The second kappa shape index (κ2) is 67.2. The Morgan fingerprint density at radius 1 is 0.310 bits per heavy atom. The highest BCUT2D eigenvalue weighted by Gasteiger charge is 2.22. The van der Waals surface area contributed by atoms with E-state index in [4.69, 9.17) is 18.9 Å². The molecule has 0 heterocycles. The zero-order valence-corrected chi connectivity index (χ0v) is 57.3. The Morgan fingerprint density at radius 3 is 0.762 bits per heavy atom. The molecule has 0 amide bonds. The first-order valence-corrected chi connectivity index (χ1v) is 37.7. The van der Waals surface area contributed by atoms with Gasteiger partial charge in [-0.2, -0.15) is 0 Å². The van der Waals surface area contributed by atoms with Crippen molar-refractivity contribution in [3.63, 3.8) is 0 Å². The second-order valence-corrected chi connectivity index (χ2v) is 27.3. The standard InChI is InChI=1S/C75H147NO8/c1-6-8-10-12-14-16-18-20-22-24-26-28-30-32-34-36-37-38-40-42-44-46-48-50-52-54-56-58-60-62-64-66-73(78)84-71(70-83-75(74(79)80)81-68-67-76(3,4)5)69-82-72(77)65-63-61-59-57-55-53-51-49-47-45-43-41-39-35-33-31-29-27-25-23-21-19-17-15-13-11-9-7-2/h71,75H,6-70H2,1-5H3. The molecule has 0 aliphatic carbocycles. The summed E-state index contributed by atoms with van der Waals surface area (Å²) in [7, 11) is 5.95. The van der Waals surface area contributed by atoms with E-state index in [0.29, 0.717) is 17.4 Å². The first-order chi connectivity index (χ1) is 41.1. The molecule has 9 nitrogen and oxygen atoms in total. The molecule has 9 heteroatoms. The summed E-state index contributed by atoms with van der Waals surface area (Å²) in [6.45, 7) is 4.85. The summed E-state index contributed by atoms with van der Waals surface area (Å²) >= 11 is 0. The fraction of sp³-hybridized carbons (Fsp3) is 0.960. The first-order valence-electron chi connectivity index (χ1n) is 37.7. The third kappa shape index (κ3) is 67.8. The van der Waals surface area contributed by atoms with E-state index in [1.165, 1.54) is 340 Å². The lowest BCUT2D eigenvalue weighted by molar-refractivity contribution is -0.870. The van der Waals surface area contributed by atoms with Gasteiger partial charge < -0.3 is 33.3 Å². The van der Waals surface area contributed by atoms with Crippen LogP contribution < -0.4 is 5.11 Å². The van der Waals surface area contributed by atoms with E-state index in [1.54, 1.807) is 0 Å². The normalized spacial score (nSPS) is 12.5. The van der Waals surface area contributed by atoms with Crippen LogP contribution in [0.25, 0.3) is 0 Å². The van der Waals surface area contributed by atoms with Crippen LogP contribution in [0.3, 0.4) is 0 Å². The predicted molar refractivity (Wildman–Crippen MR) is 357 cm³/mol. The van der Waals surface area contributed by atoms with Crippen molar-refractivity contribution in [3.05, 3.63) is 0 Å². The molecule has 0 bridgehead atoms. The number of hydrogen-bond acceptors (Lipinski definition) is 8. The number of carboxylic acid groups (broad SMARTS) is 1. The van der Waals surface area contributed by atoms with Crippen LogP contribution in [0, 0.1) is 0 Å². The van der Waals surface area contributed by atoms with E-state index >= 15 is 0 Å². The number of quaternary nitrogens is 1. The second-order valence-electron chi connectivity index (χ2n) is 27.3. The van der Waals surface area contributed by atoms with Crippen LogP contribution in [0.2, 0.25) is 0 Å². The van der Waals surface area contributed by atoms with Gasteiger partial charge in [-0.3, -0.25) is 9.59 Å². The van der Waals surface area contributed by atoms with Gasteiger partial charge in [-0.15, -0.1) is 0 Å². The Labute approximate surface area is 523 Å². The van der Waals surface area contributed by atoms with E-state index < -0.39 is 24.3 Å². The van der Waals surface area contributed by atoms with Crippen molar-refractivity contribution < 1.29 is 42.9 Å². The number of nitrogens with zero attached hydrogens (tertiary/aromatic N) is 1. The minimum Gasteiger partial charge on any atom is -0.545 e. The van der Waals surface area contributed by atoms with E-state index in [0.717, 1.165) is 38.5 Å². The summed E-state index contributed by atoms with van der Waals surface area (Å²) in [6, 6.07) is 0. The quantitative estimate of drug-likeness (QED) is 0.0256. The van der Waals surface area contributed by atoms with E-state index in [2.05, 4.69) is 13.8 Å². The molecule has 84 heavy (non-hydrogen) atoms. The van der Waals surface area contributed by atoms with E-state index in [1.807, 2.05) is 21.1 Å². The zero-order valence-electron chi connectivity index (χ0n) is 57.3. The summed E-state index contributed by atoms with van der Waals surface area (Å²) in [4.78, 5) is 37.5. The molecule has 0 aromatic rings. The van der Waals surface area contributed by atoms with Crippen molar-refractivity contribution in [2.45, 2.75) is 418 Å². The van der Waals surface area contributed by atoms with Crippen molar-refractivity contribution in [3.8, 4) is 0 Å². The largest absolute Gasteiger partial charge is 0.545 e. The maximum Gasteiger partial charge on any atom is 0.306 e. The highest BCUT2D eigenvalue weighted by atomic mass is 16.7. The van der Waals surface area contributed by atoms with Gasteiger partial charge in [-0.1, -0.05) is 380 Å². The molecule has 0 spiro atoms. The lowest BCUT2D eigenvalue weighted by Crippen LogP contribution is -2.44. The lowest BCUT2D eigenvalue weighted by atomic mass is 10.0. The molecule has 2 atom stereocenters. The molecule has 0 rings (SSSR count). The van der Waals surface area contributed by atoms with Gasteiger partial charge in [0.25, 0.3) is 0 Å². The number of rotatable bonds is 72. The SMILES string of the molecule is CCCCCCCCCCCCCCCCCCCCCCCCCCCCCCCCCC(=O)OC(COC(=O)CCCCCCCCCCCCCCCCCCCCCCCCCCCCCC)COC(OCC[N+](C)(C)C)C(=O)[O-]. The molecule has 0 fully saturated rings. The van der Waals surface area contributed by atoms with Crippen LogP contribution in [0.5, 0.6) is 0 Å². The van der Waals surface area contributed by atoms with Gasteiger partial charge in [0.2, 0.25) is 0 Å². The number of aliphatic carboxylic acids is 1.